The molecule has 1 aliphatic carbocycles. The summed E-state index contributed by atoms with van der Waals surface area (Å²) in [7, 11) is 2.07. The Kier molecular flexibility index (Phi) is 3.89. The van der Waals surface area contributed by atoms with Crippen LogP contribution >= 0.6 is 0 Å². The van der Waals surface area contributed by atoms with E-state index in [-0.39, 0.29) is 0 Å². The molecular formula is C14H22N2O. The van der Waals surface area contributed by atoms with Crippen LogP contribution in [0.4, 0.5) is 11.4 Å². The number of ether oxygens (including phenoxy) is 1. The van der Waals surface area contributed by atoms with Gasteiger partial charge in [-0.25, -0.2) is 0 Å². The largest absolute Gasteiger partial charge is 0.398 e. The summed E-state index contributed by atoms with van der Waals surface area (Å²) in [6.45, 7) is 4.66. The fourth-order valence-electron chi connectivity index (χ4n) is 1.73. The molecule has 1 saturated carbocycles. The quantitative estimate of drug-likeness (QED) is 0.607. The van der Waals surface area contributed by atoms with Crippen LogP contribution in [0.3, 0.4) is 0 Å². The Bertz CT molecular complexity index is 374. The van der Waals surface area contributed by atoms with Gasteiger partial charge in [0, 0.05) is 31.6 Å². The molecule has 0 spiro atoms. The lowest BCUT2D eigenvalue weighted by atomic mass is 10.2. The van der Waals surface area contributed by atoms with Crippen LogP contribution in [0, 0.1) is 12.8 Å². The monoisotopic (exact) mass is 234 g/mol. The summed E-state index contributed by atoms with van der Waals surface area (Å²) in [6, 6.07) is 6.19. The standard InChI is InChI=1S/C14H22N2O/c1-11-3-6-13(9-14(11)15)16(2)7-8-17-10-12-4-5-12/h3,6,9,12H,4-5,7-8,10,15H2,1-2H3. The van der Waals surface area contributed by atoms with Crippen molar-refractivity contribution in [1.29, 1.82) is 0 Å². The van der Waals surface area contributed by atoms with Gasteiger partial charge in [-0.3, -0.25) is 0 Å². The van der Waals surface area contributed by atoms with E-state index in [1.807, 2.05) is 13.0 Å². The Hall–Kier alpha value is -1.22. The summed E-state index contributed by atoms with van der Waals surface area (Å²) in [5, 5.41) is 0. The van der Waals surface area contributed by atoms with Gasteiger partial charge in [0.05, 0.1) is 6.61 Å². The zero-order valence-electron chi connectivity index (χ0n) is 10.8. The second-order valence-electron chi connectivity index (χ2n) is 4.98. The zero-order valence-corrected chi connectivity index (χ0v) is 10.8. The summed E-state index contributed by atoms with van der Waals surface area (Å²) in [5.74, 6) is 0.843. The molecule has 0 bridgehead atoms. The average molecular weight is 234 g/mol. The van der Waals surface area contributed by atoms with Crippen molar-refractivity contribution in [3.63, 3.8) is 0 Å². The minimum atomic E-state index is 0.792. The van der Waals surface area contributed by atoms with Gasteiger partial charge in [-0.15, -0.1) is 0 Å². The van der Waals surface area contributed by atoms with Crippen molar-refractivity contribution in [3.05, 3.63) is 23.8 Å². The van der Waals surface area contributed by atoms with Gasteiger partial charge >= 0.3 is 0 Å². The van der Waals surface area contributed by atoms with Gasteiger partial charge in [0.2, 0.25) is 0 Å². The van der Waals surface area contributed by atoms with E-state index in [4.69, 9.17) is 10.5 Å². The lowest BCUT2D eigenvalue weighted by Crippen LogP contribution is -2.23. The third-order valence-corrected chi connectivity index (χ3v) is 3.33. The Morgan fingerprint density at radius 3 is 2.82 bits per heavy atom. The van der Waals surface area contributed by atoms with E-state index < -0.39 is 0 Å². The van der Waals surface area contributed by atoms with Gasteiger partial charge in [0.1, 0.15) is 0 Å². The minimum absolute atomic E-state index is 0.792. The number of anilines is 2. The molecule has 1 aromatic carbocycles. The lowest BCUT2D eigenvalue weighted by Gasteiger charge is -2.20. The third-order valence-electron chi connectivity index (χ3n) is 3.33. The molecular weight excluding hydrogens is 212 g/mol. The molecule has 0 heterocycles. The molecule has 0 aliphatic heterocycles. The molecule has 0 aromatic heterocycles. The highest BCUT2D eigenvalue weighted by Crippen LogP contribution is 2.28. The highest BCUT2D eigenvalue weighted by Gasteiger charge is 2.20. The molecule has 3 heteroatoms. The predicted molar refractivity (Wildman–Crippen MR) is 72.4 cm³/mol. The molecule has 2 rings (SSSR count). The van der Waals surface area contributed by atoms with Gasteiger partial charge in [0.25, 0.3) is 0 Å². The number of hydrogen-bond donors (Lipinski definition) is 1. The van der Waals surface area contributed by atoms with E-state index in [1.165, 1.54) is 12.8 Å². The number of rotatable bonds is 6. The second-order valence-corrected chi connectivity index (χ2v) is 4.98. The highest BCUT2D eigenvalue weighted by molar-refractivity contribution is 5.59. The third kappa shape index (κ3) is 3.63. The number of nitrogens with zero attached hydrogens (tertiary/aromatic N) is 1. The van der Waals surface area contributed by atoms with Crippen molar-refractivity contribution in [2.24, 2.45) is 5.92 Å². The molecule has 0 saturated heterocycles. The van der Waals surface area contributed by atoms with Crippen LogP contribution in [-0.4, -0.2) is 26.8 Å². The van der Waals surface area contributed by atoms with Crippen molar-refractivity contribution in [1.82, 2.24) is 0 Å². The summed E-state index contributed by atoms with van der Waals surface area (Å²) in [4.78, 5) is 2.18. The van der Waals surface area contributed by atoms with Crippen LogP contribution < -0.4 is 10.6 Å². The van der Waals surface area contributed by atoms with Gasteiger partial charge in [-0.1, -0.05) is 6.07 Å². The molecule has 0 radical (unpaired) electrons. The van der Waals surface area contributed by atoms with Crippen LogP contribution in [0.25, 0.3) is 0 Å². The predicted octanol–water partition coefficient (Wildman–Crippen LogP) is 2.44. The molecule has 1 fully saturated rings. The summed E-state index contributed by atoms with van der Waals surface area (Å²) in [6.07, 6.45) is 2.70. The van der Waals surface area contributed by atoms with E-state index in [2.05, 4.69) is 24.1 Å². The number of benzene rings is 1. The van der Waals surface area contributed by atoms with Crippen LogP contribution in [0.15, 0.2) is 18.2 Å². The van der Waals surface area contributed by atoms with Gasteiger partial charge in [-0.05, 0) is 43.4 Å². The van der Waals surface area contributed by atoms with Crippen LogP contribution in [0.2, 0.25) is 0 Å². The molecule has 1 aliphatic rings. The number of nitrogen functional groups attached to an aromatic ring is 1. The minimum Gasteiger partial charge on any atom is -0.398 e. The smallest absolute Gasteiger partial charge is 0.0641 e. The van der Waals surface area contributed by atoms with E-state index in [9.17, 15) is 0 Å². The molecule has 3 nitrogen and oxygen atoms in total. The Morgan fingerprint density at radius 1 is 1.41 bits per heavy atom. The topological polar surface area (TPSA) is 38.5 Å². The first-order valence-corrected chi connectivity index (χ1v) is 6.32. The fourth-order valence-corrected chi connectivity index (χ4v) is 1.73. The first-order chi connectivity index (χ1) is 8.16. The summed E-state index contributed by atoms with van der Waals surface area (Å²) >= 11 is 0. The highest BCUT2D eigenvalue weighted by atomic mass is 16.5. The number of aryl methyl sites for hydroxylation is 1. The Labute approximate surface area is 104 Å². The Balaban J connectivity index is 1.76. The van der Waals surface area contributed by atoms with Gasteiger partial charge in [0.15, 0.2) is 0 Å². The van der Waals surface area contributed by atoms with E-state index in [1.54, 1.807) is 0 Å². The van der Waals surface area contributed by atoms with Crippen molar-refractivity contribution in [3.8, 4) is 0 Å². The van der Waals surface area contributed by atoms with Crippen LogP contribution in [0.5, 0.6) is 0 Å². The lowest BCUT2D eigenvalue weighted by molar-refractivity contribution is 0.131. The maximum atomic E-state index is 5.90. The average Bonchev–Trinajstić information content (AvgIpc) is 3.12. The fraction of sp³-hybridized carbons (Fsp3) is 0.571. The maximum absolute atomic E-state index is 5.90. The van der Waals surface area contributed by atoms with Crippen LogP contribution in [-0.2, 0) is 4.74 Å². The SMILES string of the molecule is Cc1ccc(N(C)CCOCC2CC2)cc1N. The first kappa shape index (κ1) is 12.2. The molecule has 0 unspecified atom stereocenters. The van der Waals surface area contributed by atoms with E-state index in [0.717, 1.165) is 42.6 Å². The Morgan fingerprint density at radius 2 is 2.18 bits per heavy atom. The van der Waals surface area contributed by atoms with Gasteiger partial charge < -0.3 is 15.4 Å². The molecule has 1 aromatic rings. The molecule has 17 heavy (non-hydrogen) atoms. The van der Waals surface area contributed by atoms with E-state index in [0.29, 0.717) is 0 Å². The molecule has 2 N–H and O–H groups in total. The first-order valence-electron chi connectivity index (χ1n) is 6.32. The normalized spacial score (nSPS) is 14.9. The number of hydrogen-bond acceptors (Lipinski definition) is 3. The molecule has 94 valence electrons. The van der Waals surface area contributed by atoms with Gasteiger partial charge in [-0.2, -0.15) is 0 Å². The summed E-state index contributed by atoms with van der Waals surface area (Å²) < 4.78 is 5.63. The second kappa shape index (κ2) is 5.41. The molecule has 0 atom stereocenters. The molecule has 0 amide bonds. The van der Waals surface area contributed by atoms with Crippen molar-refractivity contribution < 1.29 is 4.74 Å². The zero-order chi connectivity index (χ0) is 12.3. The van der Waals surface area contributed by atoms with Crippen molar-refractivity contribution >= 4 is 11.4 Å². The summed E-state index contributed by atoms with van der Waals surface area (Å²) in [5.41, 5.74) is 9.05. The van der Waals surface area contributed by atoms with Crippen molar-refractivity contribution in [2.75, 3.05) is 37.4 Å². The number of likely N-dealkylation sites (N-methyl/N-ethyl adjacent to an activating group) is 1. The van der Waals surface area contributed by atoms with E-state index >= 15 is 0 Å². The van der Waals surface area contributed by atoms with Crippen LogP contribution in [0.1, 0.15) is 18.4 Å². The van der Waals surface area contributed by atoms with Crippen molar-refractivity contribution in [2.45, 2.75) is 19.8 Å². The number of nitrogens with two attached hydrogens (primary N) is 1. The maximum Gasteiger partial charge on any atom is 0.0641 e.